The number of hydrogen-bond donors (Lipinski definition) is 1. The van der Waals surface area contributed by atoms with Gasteiger partial charge in [0.25, 0.3) is 0 Å². The van der Waals surface area contributed by atoms with Crippen molar-refractivity contribution in [3.05, 3.63) is 35.4 Å². The third-order valence-electron chi connectivity index (χ3n) is 8.74. The number of benzene rings is 1. The minimum absolute atomic E-state index is 0.0580. The van der Waals surface area contributed by atoms with Gasteiger partial charge in [-0.05, 0) is 81.7 Å². The summed E-state index contributed by atoms with van der Waals surface area (Å²) in [5.74, 6) is 0. The number of hydrogen-bond acceptors (Lipinski definition) is 3. The van der Waals surface area contributed by atoms with Crippen LogP contribution >= 0.6 is 0 Å². The smallest absolute Gasteiger partial charge is 0.403 e. The molecular formula is C27H46BNO2. The largest absolute Gasteiger partial charge is 0.457 e. The topological polar surface area (TPSA) is 30.5 Å². The van der Waals surface area contributed by atoms with Crippen molar-refractivity contribution in [1.82, 2.24) is 5.32 Å². The van der Waals surface area contributed by atoms with Crippen LogP contribution in [-0.4, -0.2) is 24.4 Å². The summed E-state index contributed by atoms with van der Waals surface area (Å²) in [6, 6.07) is 9.50. The third kappa shape index (κ3) is 5.75. The van der Waals surface area contributed by atoms with E-state index >= 15 is 0 Å². The van der Waals surface area contributed by atoms with Crippen LogP contribution in [-0.2, 0) is 22.3 Å². The zero-order valence-corrected chi connectivity index (χ0v) is 21.4. The van der Waals surface area contributed by atoms with Crippen LogP contribution in [0.15, 0.2) is 24.3 Å². The van der Waals surface area contributed by atoms with Gasteiger partial charge in [0, 0.05) is 12.6 Å². The van der Waals surface area contributed by atoms with Gasteiger partial charge in [0.05, 0.1) is 11.2 Å². The van der Waals surface area contributed by atoms with Gasteiger partial charge >= 0.3 is 7.12 Å². The molecule has 2 unspecified atom stereocenters. The first-order valence-electron chi connectivity index (χ1n) is 12.5. The number of rotatable bonds is 8. The quantitative estimate of drug-likeness (QED) is 0.366. The molecule has 0 radical (unpaired) electrons. The maximum atomic E-state index is 6.19. The normalized spacial score (nSPS) is 24.6. The summed E-state index contributed by atoms with van der Waals surface area (Å²) >= 11 is 0. The van der Waals surface area contributed by atoms with Gasteiger partial charge in [-0.3, -0.25) is 0 Å². The zero-order valence-electron chi connectivity index (χ0n) is 21.4. The standard InChI is InChI=1S/C27H46BNO2/c1-24(2,3)27(8,16-11-12-18-28-30-25(4,5)26(6,7)31-28)17-15-23-19-21-13-9-10-14-22(21)20-29-23/h9-10,13-14,23,29H,11-12,15-20H2,1-8H3. The fourth-order valence-corrected chi connectivity index (χ4v) is 5.00. The highest BCUT2D eigenvalue weighted by atomic mass is 16.7. The van der Waals surface area contributed by atoms with Crippen molar-refractivity contribution < 1.29 is 9.31 Å². The summed E-state index contributed by atoms with van der Waals surface area (Å²) < 4.78 is 12.4. The first-order chi connectivity index (χ1) is 14.3. The average molecular weight is 427 g/mol. The van der Waals surface area contributed by atoms with Crippen molar-refractivity contribution in [2.24, 2.45) is 10.8 Å². The third-order valence-corrected chi connectivity index (χ3v) is 8.74. The van der Waals surface area contributed by atoms with Crippen molar-refractivity contribution in [2.45, 2.75) is 124 Å². The average Bonchev–Trinajstić information content (AvgIpc) is 2.89. The van der Waals surface area contributed by atoms with Gasteiger partial charge in [-0.1, -0.05) is 64.8 Å². The minimum Gasteiger partial charge on any atom is -0.403 e. The molecule has 1 aromatic carbocycles. The van der Waals surface area contributed by atoms with E-state index in [9.17, 15) is 0 Å². The van der Waals surface area contributed by atoms with Gasteiger partial charge in [0.2, 0.25) is 0 Å². The second-order valence-electron chi connectivity index (χ2n) is 12.3. The van der Waals surface area contributed by atoms with Crippen LogP contribution in [0.1, 0.15) is 98.6 Å². The van der Waals surface area contributed by atoms with Crippen molar-refractivity contribution in [3.8, 4) is 0 Å². The molecule has 1 saturated heterocycles. The Hall–Kier alpha value is -0.835. The lowest BCUT2D eigenvalue weighted by Gasteiger charge is -2.44. The molecule has 1 aromatic rings. The second kappa shape index (κ2) is 9.19. The molecule has 0 aromatic heterocycles. The van der Waals surface area contributed by atoms with E-state index in [2.05, 4.69) is 85.0 Å². The molecule has 2 aliphatic heterocycles. The zero-order chi connectivity index (χ0) is 22.9. The Bertz CT molecular complexity index is 723. The van der Waals surface area contributed by atoms with Crippen molar-refractivity contribution in [1.29, 1.82) is 0 Å². The Balaban J connectivity index is 1.48. The van der Waals surface area contributed by atoms with Gasteiger partial charge in [-0.15, -0.1) is 0 Å². The van der Waals surface area contributed by atoms with E-state index in [1.807, 2.05) is 0 Å². The number of fused-ring (bicyclic) bond motifs is 1. The lowest BCUT2D eigenvalue weighted by atomic mass is 9.62. The van der Waals surface area contributed by atoms with Gasteiger partial charge in [0.15, 0.2) is 0 Å². The van der Waals surface area contributed by atoms with E-state index in [4.69, 9.17) is 9.31 Å². The van der Waals surface area contributed by atoms with E-state index in [0.29, 0.717) is 16.9 Å². The van der Waals surface area contributed by atoms with E-state index in [-0.39, 0.29) is 18.3 Å². The fourth-order valence-electron chi connectivity index (χ4n) is 5.00. The van der Waals surface area contributed by atoms with Crippen LogP contribution in [0.2, 0.25) is 6.32 Å². The lowest BCUT2D eigenvalue weighted by Crippen LogP contribution is -2.41. The molecule has 0 bridgehead atoms. The molecule has 2 aliphatic rings. The molecule has 0 aliphatic carbocycles. The summed E-state index contributed by atoms with van der Waals surface area (Å²) in [7, 11) is -0.0580. The molecule has 174 valence electrons. The van der Waals surface area contributed by atoms with Crippen LogP contribution in [0.4, 0.5) is 0 Å². The molecule has 4 heteroatoms. The van der Waals surface area contributed by atoms with E-state index < -0.39 is 0 Å². The number of unbranched alkanes of at least 4 members (excludes halogenated alkanes) is 1. The molecule has 3 nitrogen and oxygen atoms in total. The molecule has 0 amide bonds. The molecule has 31 heavy (non-hydrogen) atoms. The summed E-state index contributed by atoms with van der Waals surface area (Å²) in [5.41, 5.74) is 3.20. The van der Waals surface area contributed by atoms with Gasteiger partial charge < -0.3 is 14.6 Å². The monoisotopic (exact) mass is 427 g/mol. The predicted molar refractivity (Wildman–Crippen MR) is 132 cm³/mol. The predicted octanol–water partition coefficient (Wildman–Crippen LogP) is 6.80. The van der Waals surface area contributed by atoms with Gasteiger partial charge in [-0.25, -0.2) is 0 Å². The molecular weight excluding hydrogens is 381 g/mol. The highest BCUT2D eigenvalue weighted by Crippen LogP contribution is 2.47. The molecule has 2 heterocycles. The summed E-state index contributed by atoms with van der Waals surface area (Å²) in [6.45, 7) is 19.4. The number of nitrogens with one attached hydrogen (secondary N) is 1. The van der Waals surface area contributed by atoms with Gasteiger partial charge in [0.1, 0.15) is 0 Å². The first kappa shape index (κ1) is 24.8. The van der Waals surface area contributed by atoms with Crippen LogP contribution in [0.5, 0.6) is 0 Å². The van der Waals surface area contributed by atoms with Crippen LogP contribution in [0.3, 0.4) is 0 Å². The highest BCUT2D eigenvalue weighted by Gasteiger charge is 2.50. The summed E-state index contributed by atoms with van der Waals surface area (Å²) in [5, 5.41) is 3.79. The second-order valence-corrected chi connectivity index (χ2v) is 12.3. The molecule has 1 fully saturated rings. The fraction of sp³-hybridized carbons (Fsp3) is 0.778. The minimum atomic E-state index is -0.219. The first-order valence-corrected chi connectivity index (χ1v) is 12.5. The lowest BCUT2D eigenvalue weighted by molar-refractivity contribution is 0.00578. The molecule has 0 spiro atoms. The molecule has 2 atom stereocenters. The van der Waals surface area contributed by atoms with E-state index in [1.165, 1.54) is 43.2 Å². The molecule has 3 rings (SSSR count). The Morgan fingerprint density at radius 3 is 2.16 bits per heavy atom. The Morgan fingerprint density at radius 1 is 0.935 bits per heavy atom. The van der Waals surface area contributed by atoms with Crippen LogP contribution < -0.4 is 5.32 Å². The van der Waals surface area contributed by atoms with Gasteiger partial charge in [-0.2, -0.15) is 0 Å². The molecule has 0 saturated carbocycles. The van der Waals surface area contributed by atoms with Crippen molar-refractivity contribution >= 4 is 7.12 Å². The Labute approximate surface area is 192 Å². The maximum absolute atomic E-state index is 6.19. The summed E-state index contributed by atoms with van der Waals surface area (Å²) in [6.07, 6.45) is 8.34. The van der Waals surface area contributed by atoms with Crippen LogP contribution in [0, 0.1) is 10.8 Å². The Kier molecular flexibility index (Phi) is 7.35. The van der Waals surface area contributed by atoms with E-state index in [1.54, 1.807) is 0 Å². The maximum Gasteiger partial charge on any atom is 0.457 e. The molecule has 1 N–H and O–H groups in total. The van der Waals surface area contributed by atoms with E-state index in [0.717, 1.165) is 19.3 Å². The highest BCUT2D eigenvalue weighted by molar-refractivity contribution is 6.45. The SMILES string of the molecule is CC(C)(C)C(C)(CCCCB1OC(C)(C)C(C)(C)O1)CCC1Cc2ccccc2CN1. The summed E-state index contributed by atoms with van der Waals surface area (Å²) in [4.78, 5) is 0. The van der Waals surface area contributed by atoms with Crippen LogP contribution in [0.25, 0.3) is 0 Å². The van der Waals surface area contributed by atoms with Crippen molar-refractivity contribution in [2.75, 3.05) is 0 Å². The van der Waals surface area contributed by atoms with Crippen molar-refractivity contribution in [3.63, 3.8) is 0 Å². The Morgan fingerprint density at radius 2 is 1.55 bits per heavy atom.